The topological polar surface area (TPSA) is 105 Å². The fourth-order valence-corrected chi connectivity index (χ4v) is 5.79. The lowest BCUT2D eigenvalue weighted by molar-refractivity contribution is 0.230. The predicted octanol–water partition coefficient (Wildman–Crippen LogP) is 4.51. The molecule has 1 saturated carbocycles. The van der Waals surface area contributed by atoms with Crippen LogP contribution in [0.1, 0.15) is 36.4 Å². The van der Waals surface area contributed by atoms with E-state index in [1.54, 1.807) is 7.11 Å². The Kier molecular flexibility index (Phi) is 7.25. The van der Waals surface area contributed by atoms with Crippen LogP contribution in [0.25, 0.3) is 11.3 Å². The molecule has 2 amide bonds. The van der Waals surface area contributed by atoms with Crippen LogP contribution in [0.3, 0.4) is 0 Å². The van der Waals surface area contributed by atoms with Crippen molar-refractivity contribution in [2.45, 2.75) is 43.9 Å². The first-order valence-corrected chi connectivity index (χ1v) is 13.4. The SMILES string of the molecule is COc1ccc(NC(=O)NC2NNC3CCC(c4nnn(Cc5ccccc5)c4-c4ccccc4)CC32)cc1. The molecular formula is C30H33N7O2. The summed E-state index contributed by atoms with van der Waals surface area (Å²) in [5.41, 5.74) is 11.8. The summed E-state index contributed by atoms with van der Waals surface area (Å²) in [4.78, 5) is 12.8. The van der Waals surface area contributed by atoms with Gasteiger partial charge in [-0.1, -0.05) is 65.9 Å². The average molecular weight is 524 g/mol. The molecule has 0 spiro atoms. The smallest absolute Gasteiger partial charge is 0.320 e. The van der Waals surface area contributed by atoms with Gasteiger partial charge in [-0.25, -0.2) is 14.9 Å². The molecule has 4 N–H and O–H groups in total. The van der Waals surface area contributed by atoms with Crippen LogP contribution in [0.5, 0.6) is 5.75 Å². The Morgan fingerprint density at radius 1 is 0.974 bits per heavy atom. The number of nitrogens with one attached hydrogen (secondary N) is 4. The minimum Gasteiger partial charge on any atom is -0.497 e. The quantitative estimate of drug-likeness (QED) is 0.284. The summed E-state index contributed by atoms with van der Waals surface area (Å²) in [6.07, 6.45) is 2.68. The Morgan fingerprint density at radius 3 is 2.46 bits per heavy atom. The normalized spacial score (nSPS) is 22.2. The molecule has 2 aliphatic rings. The molecule has 9 nitrogen and oxygen atoms in total. The molecule has 9 heteroatoms. The van der Waals surface area contributed by atoms with Gasteiger partial charge in [0.1, 0.15) is 5.75 Å². The van der Waals surface area contributed by atoms with Crippen LogP contribution in [0.2, 0.25) is 0 Å². The fourth-order valence-electron chi connectivity index (χ4n) is 5.79. The molecule has 200 valence electrons. The number of hydrogen-bond acceptors (Lipinski definition) is 6. The maximum absolute atomic E-state index is 12.8. The maximum Gasteiger partial charge on any atom is 0.320 e. The molecule has 0 radical (unpaired) electrons. The lowest BCUT2D eigenvalue weighted by Crippen LogP contribution is -2.48. The molecule has 39 heavy (non-hydrogen) atoms. The Balaban J connectivity index is 1.19. The van der Waals surface area contributed by atoms with Crippen molar-refractivity contribution in [2.75, 3.05) is 12.4 Å². The van der Waals surface area contributed by atoms with E-state index in [-0.39, 0.29) is 30.1 Å². The summed E-state index contributed by atoms with van der Waals surface area (Å²) >= 11 is 0. The number of hydrazine groups is 1. The van der Waals surface area contributed by atoms with Gasteiger partial charge in [0.25, 0.3) is 0 Å². The molecule has 0 bridgehead atoms. The van der Waals surface area contributed by atoms with E-state index in [0.717, 1.165) is 42.0 Å². The summed E-state index contributed by atoms with van der Waals surface area (Å²) in [5, 5.41) is 15.4. The van der Waals surface area contributed by atoms with Crippen LogP contribution >= 0.6 is 0 Å². The first-order chi connectivity index (χ1) is 19.2. The standard InChI is InChI=1S/C30H33N7O2/c1-39-24-15-13-23(14-16-24)31-30(38)32-29-25-18-22(12-17-26(25)33-35-29)27-28(21-10-6-3-7-11-21)37(36-34-27)19-20-8-4-2-5-9-20/h2-11,13-16,22,25-26,29,33,35H,12,17-19H2,1H3,(H2,31,32,38). The van der Waals surface area contributed by atoms with Crippen molar-refractivity contribution in [1.82, 2.24) is 31.2 Å². The second kappa shape index (κ2) is 11.3. The lowest BCUT2D eigenvalue weighted by Gasteiger charge is -2.32. The van der Waals surface area contributed by atoms with Crippen LogP contribution in [0.15, 0.2) is 84.9 Å². The number of carbonyl (C=O) groups is 1. The number of hydrogen-bond donors (Lipinski definition) is 4. The van der Waals surface area contributed by atoms with Gasteiger partial charge in [0.05, 0.1) is 31.2 Å². The average Bonchev–Trinajstić information content (AvgIpc) is 3.58. The summed E-state index contributed by atoms with van der Waals surface area (Å²) < 4.78 is 7.22. The summed E-state index contributed by atoms with van der Waals surface area (Å²) in [5.74, 6) is 1.20. The van der Waals surface area contributed by atoms with E-state index in [1.807, 2.05) is 41.1 Å². The number of nitrogens with zero attached hydrogens (tertiary/aromatic N) is 3. The van der Waals surface area contributed by atoms with Crippen molar-refractivity contribution < 1.29 is 9.53 Å². The molecule has 1 saturated heterocycles. The van der Waals surface area contributed by atoms with Crippen molar-refractivity contribution in [3.8, 4) is 17.0 Å². The number of methoxy groups -OCH3 is 1. The van der Waals surface area contributed by atoms with E-state index in [1.165, 1.54) is 5.56 Å². The van der Waals surface area contributed by atoms with E-state index >= 15 is 0 Å². The van der Waals surface area contributed by atoms with Crippen molar-refractivity contribution in [2.24, 2.45) is 5.92 Å². The molecule has 4 atom stereocenters. The lowest BCUT2D eigenvalue weighted by atomic mass is 9.75. The number of urea groups is 1. The molecule has 1 aromatic heterocycles. The minimum absolute atomic E-state index is 0.199. The zero-order valence-electron chi connectivity index (χ0n) is 21.9. The molecule has 2 heterocycles. The molecule has 2 fully saturated rings. The van der Waals surface area contributed by atoms with Gasteiger partial charge in [0.15, 0.2) is 0 Å². The zero-order valence-corrected chi connectivity index (χ0v) is 21.9. The Morgan fingerprint density at radius 2 is 1.72 bits per heavy atom. The van der Waals surface area contributed by atoms with Crippen molar-refractivity contribution in [1.29, 1.82) is 0 Å². The highest BCUT2D eigenvalue weighted by Gasteiger charge is 2.42. The van der Waals surface area contributed by atoms with Crippen LogP contribution in [-0.4, -0.2) is 40.3 Å². The van der Waals surface area contributed by atoms with E-state index in [2.05, 4.69) is 75.2 Å². The maximum atomic E-state index is 12.8. The predicted molar refractivity (Wildman–Crippen MR) is 150 cm³/mol. The number of benzene rings is 3. The summed E-state index contributed by atoms with van der Waals surface area (Å²) in [7, 11) is 1.62. The number of anilines is 1. The summed E-state index contributed by atoms with van der Waals surface area (Å²) in [6, 6.07) is 28.1. The van der Waals surface area contributed by atoms with E-state index in [9.17, 15) is 4.79 Å². The van der Waals surface area contributed by atoms with E-state index in [4.69, 9.17) is 9.84 Å². The minimum atomic E-state index is -0.249. The third kappa shape index (κ3) is 5.50. The van der Waals surface area contributed by atoms with Gasteiger partial charge in [-0.15, -0.1) is 5.10 Å². The summed E-state index contributed by atoms with van der Waals surface area (Å²) in [6.45, 7) is 0.662. The Labute approximate surface area is 227 Å². The number of ether oxygens (including phenoxy) is 1. The van der Waals surface area contributed by atoms with E-state index in [0.29, 0.717) is 12.2 Å². The fraction of sp³-hybridized carbons (Fsp3) is 0.300. The van der Waals surface area contributed by atoms with Gasteiger partial charge < -0.3 is 15.4 Å². The van der Waals surface area contributed by atoms with Crippen LogP contribution in [0, 0.1) is 5.92 Å². The largest absolute Gasteiger partial charge is 0.497 e. The van der Waals surface area contributed by atoms with Crippen molar-refractivity contribution in [3.63, 3.8) is 0 Å². The third-order valence-corrected chi connectivity index (χ3v) is 7.76. The number of aromatic nitrogens is 3. The second-order valence-electron chi connectivity index (χ2n) is 10.2. The van der Waals surface area contributed by atoms with Crippen LogP contribution < -0.4 is 26.2 Å². The first kappa shape index (κ1) is 25.1. The Hall–Kier alpha value is -4.21. The monoisotopic (exact) mass is 523 g/mol. The first-order valence-electron chi connectivity index (χ1n) is 13.4. The molecule has 3 aromatic carbocycles. The molecule has 4 aromatic rings. The van der Waals surface area contributed by atoms with Crippen molar-refractivity contribution >= 4 is 11.7 Å². The molecule has 6 rings (SSSR count). The van der Waals surface area contributed by atoms with Gasteiger partial charge >= 0.3 is 6.03 Å². The van der Waals surface area contributed by atoms with Gasteiger partial charge in [-0.05, 0) is 49.1 Å². The highest BCUT2D eigenvalue weighted by Crippen LogP contribution is 2.41. The molecular weight excluding hydrogens is 490 g/mol. The van der Waals surface area contributed by atoms with Gasteiger partial charge in [-0.2, -0.15) is 0 Å². The third-order valence-electron chi connectivity index (χ3n) is 7.76. The van der Waals surface area contributed by atoms with Crippen LogP contribution in [0.4, 0.5) is 10.5 Å². The van der Waals surface area contributed by atoms with Crippen molar-refractivity contribution in [3.05, 3.63) is 96.2 Å². The number of carbonyl (C=O) groups excluding carboxylic acids is 1. The second-order valence-corrected chi connectivity index (χ2v) is 10.2. The number of fused-ring (bicyclic) bond motifs is 1. The van der Waals surface area contributed by atoms with Gasteiger partial charge in [0.2, 0.25) is 0 Å². The number of rotatable bonds is 7. The molecule has 1 aliphatic carbocycles. The van der Waals surface area contributed by atoms with Crippen LogP contribution in [-0.2, 0) is 6.54 Å². The molecule has 4 unspecified atom stereocenters. The Bertz CT molecular complexity index is 1390. The van der Waals surface area contributed by atoms with Gasteiger partial charge in [-0.3, -0.25) is 5.43 Å². The number of amides is 2. The zero-order chi connectivity index (χ0) is 26.6. The highest BCUT2D eigenvalue weighted by atomic mass is 16.5. The van der Waals surface area contributed by atoms with E-state index < -0.39 is 0 Å². The highest BCUT2D eigenvalue weighted by molar-refractivity contribution is 5.89. The molecule has 1 aliphatic heterocycles. The van der Waals surface area contributed by atoms with Gasteiger partial charge in [0, 0.05) is 29.1 Å².